The molecule has 7 heteroatoms. The number of sulfonamides is 1. The predicted octanol–water partition coefficient (Wildman–Crippen LogP) is 2.16. The molecule has 1 N–H and O–H groups in total. The number of halogens is 2. The molecule has 0 bridgehead atoms. The predicted molar refractivity (Wildman–Crippen MR) is 72.5 cm³/mol. The highest BCUT2D eigenvalue weighted by Gasteiger charge is 2.26. The van der Waals surface area contributed by atoms with E-state index in [4.69, 9.17) is 28.3 Å². The second kappa shape index (κ2) is 6.54. The molecule has 0 heterocycles. The van der Waals surface area contributed by atoms with Crippen molar-refractivity contribution < 1.29 is 13.5 Å². The van der Waals surface area contributed by atoms with Crippen LogP contribution in [0.1, 0.15) is 0 Å². The fourth-order valence-electron chi connectivity index (χ4n) is 1.39. The van der Waals surface area contributed by atoms with Crippen LogP contribution in [0.3, 0.4) is 0 Å². The first-order chi connectivity index (χ1) is 8.45. The highest BCUT2D eigenvalue weighted by molar-refractivity contribution is 7.89. The number of rotatable bonds is 6. The first-order valence-electron chi connectivity index (χ1n) is 5.11. The number of hydrogen-bond acceptors (Lipinski definition) is 3. The van der Waals surface area contributed by atoms with Crippen molar-refractivity contribution >= 4 is 33.2 Å². The fraction of sp³-hybridized carbons (Fsp3) is 0.273. The molecule has 18 heavy (non-hydrogen) atoms. The molecule has 1 rings (SSSR count). The third kappa shape index (κ3) is 3.24. The van der Waals surface area contributed by atoms with E-state index in [2.05, 4.69) is 6.58 Å². The van der Waals surface area contributed by atoms with Gasteiger partial charge in [0.2, 0.25) is 10.0 Å². The van der Waals surface area contributed by atoms with Crippen LogP contribution in [0.2, 0.25) is 10.0 Å². The molecule has 100 valence electrons. The largest absolute Gasteiger partial charge is 0.395 e. The molecule has 0 fully saturated rings. The van der Waals surface area contributed by atoms with Crippen molar-refractivity contribution in [2.75, 3.05) is 19.7 Å². The van der Waals surface area contributed by atoms with Crippen LogP contribution in [0.4, 0.5) is 0 Å². The Morgan fingerprint density at radius 2 is 2.06 bits per heavy atom. The monoisotopic (exact) mass is 309 g/mol. The average molecular weight is 310 g/mol. The lowest BCUT2D eigenvalue weighted by Crippen LogP contribution is -2.33. The number of aliphatic hydroxyl groups excluding tert-OH is 1. The van der Waals surface area contributed by atoms with Gasteiger partial charge in [0.15, 0.2) is 0 Å². The topological polar surface area (TPSA) is 57.6 Å². The minimum atomic E-state index is -3.79. The highest BCUT2D eigenvalue weighted by atomic mass is 35.5. The Bertz CT molecular complexity index is 531. The summed E-state index contributed by atoms with van der Waals surface area (Å²) in [7, 11) is -3.79. The van der Waals surface area contributed by atoms with Crippen molar-refractivity contribution in [3.05, 3.63) is 40.9 Å². The van der Waals surface area contributed by atoms with Gasteiger partial charge in [0.1, 0.15) is 4.90 Å². The lowest BCUT2D eigenvalue weighted by Gasteiger charge is -2.20. The van der Waals surface area contributed by atoms with Gasteiger partial charge in [0.05, 0.1) is 16.7 Å². The molecule has 0 atom stereocenters. The van der Waals surface area contributed by atoms with Gasteiger partial charge in [-0.25, -0.2) is 8.42 Å². The lowest BCUT2D eigenvalue weighted by atomic mass is 10.4. The zero-order chi connectivity index (χ0) is 13.8. The molecular weight excluding hydrogens is 297 g/mol. The van der Waals surface area contributed by atoms with E-state index in [-0.39, 0.29) is 34.6 Å². The summed E-state index contributed by atoms with van der Waals surface area (Å²) in [6.45, 7) is 3.26. The second-order valence-electron chi connectivity index (χ2n) is 3.43. The molecule has 0 unspecified atom stereocenters. The van der Waals surface area contributed by atoms with Crippen LogP contribution in [0, 0.1) is 0 Å². The maximum Gasteiger partial charge on any atom is 0.244 e. The summed E-state index contributed by atoms with van der Waals surface area (Å²) < 4.78 is 25.7. The third-order valence-electron chi connectivity index (χ3n) is 2.22. The Labute approximate surface area is 116 Å². The molecule has 4 nitrogen and oxygen atoms in total. The van der Waals surface area contributed by atoms with E-state index in [1.165, 1.54) is 24.3 Å². The van der Waals surface area contributed by atoms with Crippen LogP contribution in [-0.2, 0) is 10.0 Å². The molecule has 0 radical (unpaired) electrons. The van der Waals surface area contributed by atoms with Crippen molar-refractivity contribution in [3.8, 4) is 0 Å². The van der Waals surface area contributed by atoms with Gasteiger partial charge < -0.3 is 5.11 Å². The molecule has 1 aromatic rings. The van der Waals surface area contributed by atoms with E-state index in [0.717, 1.165) is 4.31 Å². The number of nitrogens with zero attached hydrogens (tertiary/aromatic N) is 1. The number of aliphatic hydroxyl groups is 1. The average Bonchev–Trinajstić information content (AvgIpc) is 2.32. The van der Waals surface area contributed by atoms with E-state index in [1.54, 1.807) is 0 Å². The van der Waals surface area contributed by atoms with E-state index in [0.29, 0.717) is 0 Å². The van der Waals surface area contributed by atoms with Crippen LogP contribution in [-0.4, -0.2) is 37.5 Å². The highest BCUT2D eigenvalue weighted by Crippen LogP contribution is 2.30. The Morgan fingerprint density at radius 1 is 1.39 bits per heavy atom. The Morgan fingerprint density at radius 3 is 2.61 bits per heavy atom. The summed E-state index contributed by atoms with van der Waals surface area (Å²) in [5, 5.41) is 9.04. The Hall–Kier alpha value is -0.590. The van der Waals surface area contributed by atoms with Crippen LogP contribution >= 0.6 is 23.2 Å². The molecule has 0 aliphatic rings. The molecule has 0 saturated heterocycles. The van der Waals surface area contributed by atoms with Gasteiger partial charge in [-0.15, -0.1) is 6.58 Å². The van der Waals surface area contributed by atoms with Gasteiger partial charge in [-0.1, -0.05) is 35.3 Å². The van der Waals surface area contributed by atoms with Crippen molar-refractivity contribution in [3.63, 3.8) is 0 Å². The Kier molecular flexibility index (Phi) is 5.62. The first-order valence-corrected chi connectivity index (χ1v) is 7.30. The standard InChI is InChI=1S/C11H13Cl2NO3S/c1-2-6-14(7-8-15)18(16,17)10-5-3-4-9(12)11(10)13/h2-5,15H,1,6-8H2. The van der Waals surface area contributed by atoms with Gasteiger partial charge in [-0.2, -0.15) is 4.31 Å². The lowest BCUT2D eigenvalue weighted by molar-refractivity contribution is 0.260. The molecule has 0 aromatic heterocycles. The minimum absolute atomic E-state index is 0.0221. The first kappa shape index (κ1) is 15.5. The quantitative estimate of drug-likeness (QED) is 0.819. The summed E-state index contributed by atoms with van der Waals surface area (Å²) in [6, 6.07) is 4.38. The van der Waals surface area contributed by atoms with Gasteiger partial charge in [-0.05, 0) is 12.1 Å². The maximum atomic E-state index is 12.3. The maximum absolute atomic E-state index is 12.3. The number of hydrogen-bond donors (Lipinski definition) is 1. The molecule has 1 aromatic carbocycles. The Balaban J connectivity index is 3.26. The van der Waals surface area contributed by atoms with Crippen molar-refractivity contribution in [1.29, 1.82) is 0 Å². The zero-order valence-electron chi connectivity index (χ0n) is 9.51. The van der Waals surface area contributed by atoms with Crippen LogP contribution in [0.25, 0.3) is 0 Å². The molecule has 0 aliphatic carbocycles. The van der Waals surface area contributed by atoms with Crippen LogP contribution < -0.4 is 0 Å². The summed E-state index contributed by atoms with van der Waals surface area (Å²) in [5.74, 6) is 0. The summed E-state index contributed by atoms with van der Waals surface area (Å²) >= 11 is 11.7. The molecule has 0 aliphatic heterocycles. The third-order valence-corrected chi connectivity index (χ3v) is 5.05. The van der Waals surface area contributed by atoms with Crippen LogP contribution in [0.5, 0.6) is 0 Å². The molecule has 0 saturated carbocycles. The summed E-state index contributed by atoms with van der Waals surface area (Å²) in [4.78, 5) is -0.0769. The van der Waals surface area contributed by atoms with Gasteiger partial charge in [0, 0.05) is 13.1 Å². The second-order valence-corrected chi connectivity index (χ2v) is 6.12. The van der Waals surface area contributed by atoms with E-state index in [9.17, 15) is 8.42 Å². The smallest absolute Gasteiger partial charge is 0.244 e. The van der Waals surface area contributed by atoms with Crippen molar-refractivity contribution in [2.24, 2.45) is 0 Å². The van der Waals surface area contributed by atoms with Crippen molar-refractivity contribution in [2.45, 2.75) is 4.90 Å². The van der Waals surface area contributed by atoms with E-state index >= 15 is 0 Å². The summed E-state index contributed by atoms with van der Waals surface area (Å²) in [5.41, 5.74) is 0. The fourth-order valence-corrected chi connectivity index (χ4v) is 3.53. The minimum Gasteiger partial charge on any atom is -0.395 e. The van der Waals surface area contributed by atoms with Gasteiger partial charge in [-0.3, -0.25) is 0 Å². The molecule has 0 amide bonds. The number of benzene rings is 1. The normalized spacial score (nSPS) is 11.8. The summed E-state index contributed by atoms with van der Waals surface area (Å²) in [6.07, 6.45) is 1.44. The molecule has 0 spiro atoms. The van der Waals surface area contributed by atoms with E-state index in [1.807, 2.05) is 0 Å². The van der Waals surface area contributed by atoms with Crippen molar-refractivity contribution in [1.82, 2.24) is 4.31 Å². The van der Waals surface area contributed by atoms with E-state index < -0.39 is 10.0 Å². The zero-order valence-corrected chi connectivity index (χ0v) is 11.8. The van der Waals surface area contributed by atoms with Gasteiger partial charge in [0.25, 0.3) is 0 Å². The van der Waals surface area contributed by atoms with Gasteiger partial charge >= 0.3 is 0 Å². The van der Waals surface area contributed by atoms with Crippen LogP contribution in [0.15, 0.2) is 35.7 Å². The molecular formula is C11H13Cl2NO3S. The SMILES string of the molecule is C=CCN(CCO)S(=O)(=O)c1cccc(Cl)c1Cl.